The van der Waals surface area contributed by atoms with E-state index >= 15 is 0 Å². The Morgan fingerprint density at radius 1 is 0.167 bits per heavy atom. The van der Waals surface area contributed by atoms with E-state index in [1.54, 1.807) is 0 Å². The van der Waals surface area contributed by atoms with Gasteiger partial charge < -0.3 is 98.7 Å². The van der Waals surface area contributed by atoms with Crippen LogP contribution in [0.15, 0.2) is 364 Å². The van der Waals surface area contributed by atoms with E-state index in [9.17, 15) is 0 Å². The highest BCUT2D eigenvalue weighted by atomic mass is 35.5. The second-order valence-electron chi connectivity index (χ2n) is 32.4. The van der Waals surface area contributed by atoms with Gasteiger partial charge in [0.05, 0.1) is 106 Å². The van der Waals surface area contributed by atoms with Gasteiger partial charge in [-0.1, -0.05) is 364 Å². The van der Waals surface area contributed by atoms with Gasteiger partial charge in [0.25, 0.3) is 0 Å². The fraction of sp³-hybridized carbons (Fsp3) is 0.333. The van der Waals surface area contributed by atoms with E-state index in [0.29, 0.717) is 106 Å². The first-order valence-electron chi connectivity index (χ1n) is 44.7. The van der Waals surface area contributed by atoms with Gasteiger partial charge in [0.15, 0.2) is 0 Å². The van der Waals surface area contributed by atoms with Gasteiger partial charge in [0.2, 0.25) is 0 Å². The Bertz CT molecular complexity index is 4410. The van der Waals surface area contributed by atoms with Gasteiger partial charge in [-0.3, -0.25) is 0 Å². The van der Waals surface area contributed by atoms with Crippen molar-refractivity contribution in [2.75, 3.05) is 26.4 Å². The van der Waals surface area contributed by atoms with Gasteiger partial charge in [-0.2, -0.15) is 0 Å². The van der Waals surface area contributed by atoms with E-state index in [4.69, 9.17) is 145 Å². The molecule has 20 atom stereocenters. The van der Waals surface area contributed by atoms with E-state index in [1.807, 2.05) is 364 Å². The minimum atomic E-state index is -0.686. The molecule has 0 unspecified atom stereocenters. The van der Waals surface area contributed by atoms with Crippen molar-refractivity contribution < 1.29 is 75.8 Å². The SMILES string of the molecule is N[C@@H]1O[C@H](COCc2ccccc2)[C@@H](OCc2ccccc2)[C@H](OCc2ccccc2)[C@@H]1Cl.N[C@@H]1O[C@H](COCc2ccccc2)[C@@H](OCc2ccccc2)[C@H](OCc2ccccc2)[C@@H]1Cl.N[C@@H]1O[C@H](COCc2ccccc2)[C@@H](OCc2ccccc2)[C@H](OCc2ccccc2)[C@@H]1Cl.N[C@@H]1O[C@H](COCc2ccccc2)[C@@H](OCc2ccccc2)[C@H](OCc2ccccc2)[C@@H]1Cl. The zero-order valence-electron chi connectivity index (χ0n) is 73.9. The van der Waals surface area contributed by atoms with Crippen LogP contribution in [-0.4, -0.2) is 146 Å². The van der Waals surface area contributed by atoms with Gasteiger partial charge in [-0.05, 0) is 66.8 Å². The molecule has 12 aromatic carbocycles. The molecule has 0 spiro atoms. The average molecular weight is 1870 g/mol. The lowest BCUT2D eigenvalue weighted by molar-refractivity contribution is -0.216. The summed E-state index contributed by atoms with van der Waals surface area (Å²) in [7, 11) is 0. The zero-order valence-corrected chi connectivity index (χ0v) is 76.9. The van der Waals surface area contributed by atoms with E-state index in [2.05, 4.69) is 0 Å². The maximum absolute atomic E-state index is 6.68. The lowest BCUT2D eigenvalue weighted by atomic mass is 9.99. The number of benzene rings is 12. The molecule has 0 bridgehead atoms. The summed E-state index contributed by atoms with van der Waals surface area (Å²) in [5.74, 6) is 0. The number of rotatable bonds is 40. The molecular weight excluding hydrogens is 1750 g/mol. The Hall–Kier alpha value is -9.00. The second kappa shape index (κ2) is 55.7. The topological polar surface area (TPSA) is 252 Å². The number of ether oxygens (including phenoxy) is 16. The Labute approximate surface area is 796 Å². The van der Waals surface area contributed by atoms with E-state index in [-0.39, 0.29) is 0 Å². The summed E-state index contributed by atoms with van der Waals surface area (Å²) in [6, 6.07) is 120. The van der Waals surface area contributed by atoms with E-state index < -0.39 is 120 Å². The number of nitrogens with two attached hydrogens (primary N) is 4. The number of alkyl halides is 4. The summed E-state index contributed by atoms with van der Waals surface area (Å²) in [5.41, 5.74) is 37.8. The molecule has 24 heteroatoms. The molecule has 696 valence electrons. The van der Waals surface area contributed by atoms with Crippen LogP contribution in [-0.2, 0) is 155 Å². The van der Waals surface area contributed by atoms with Gasteiger partial charge >= 0.3 is 0 Å². The Kier molecular flexibility index (Phi) is 42.4. The van der Waals surface area contributed by atoms with Crippen LogP contribution >= 0.6 is 46.4 Å². The molecule has 12 aromatic rings. The van der Waals surface area contributed by atoms with Gasteiger partial charge in [0.1, 0.15) is 120 Å². The third kappa shape index (κ3) is 32.7. The maximum atomic E-state index is 6.68. The lowest BCUT2D eigenvalue weighted by Gasteiger charge is -2.43. The second-order valence-corrected chi connectivity index (χ2v) is 34.4. The molecule has 4 saturated heterocycles. The van der Waals surface area contributed by atoms with E-state index in [0.717, 1.165) is 66.8 Å². The molecular formula is C108H120Cl4N4O16. The summed E-state index contributed by atoms with van der Waals surface area (Å²) in [5, 5.41) is -2.22. The first-order chi connectivity index (χ1) is 64.8. The van der Waals surface area contributed by atoms with Crippen molar-refractivity contribution in [3.63, 3.8) is 0 Å². The van der Waals surface area contributed by atoms with Crippen molar-refractivity contribution in [2.45, 2.75) is 199 Å². The summed E-state index contributed by atoms with van der Waals surface area (Å²) >= 11 is 26.7. The molecule has 132 heavy (non-hydrogen) atoms. The first-order valence-corrected chi connectivity index (χ1v) is 46.5. The molecule has 0 radical (unpaired) electrons. The van der Waals surface area contributed by atoms with Gasteiger partial charge in [-0.25, -0.2) is 0 Å². The van der Waals surface area contributed by atoms with Gasteiger partial charge in [-0.15, -0.1) is 46.4 Å². The van der Waals surface area contributed by atoms with Crippen molar-refractivity contribution in [3.8, 4) is 0 Å². The van der Waals surface area contributed by atoms with Crippen molar-refractivity contribution in [2.24, 2.45) is 22.9 Å². The third-order valence-electron chi connectivity index (χ3n) is 22.5. The minimum absolute atomic E-state index is 0.316. The predicted molar refractivity (Wildman–Crippen MR) is 515 cm³/mol. The van der Waals surface area contributed by atoms with Crippen molar-refractivity contribution >= 4 is 46.4 Å². The summed E-state index contributed by atoms with van der Waals surface area (Å²) in [6.45, 7) is 6.43. The fourth-order valence-electron chi connectivity index (χ4n) is 15.4. The molecule has 4 aliphatic rings. The standard InChI is InChI=1S/4C27H30ClNO4/c4*28-24-26(32-18-22-14-8-3-9-15-22)25(31-17-21-12-6-2-7-13-21)23(33-27(24)29)19-30-16-20-10-4-1-5-11-20/h4*1-15,23-27H,16-19,29H2/t4*23-,24+,25-,26-,27-/m1111/s1. The highest BCUT2D eigenvalue weighted by molar-refractivity contribution is 6.22. The van der Waals surface area contributed by atoms with Crippen LogP contribution in [0.1, 0.15) is 66.8 Å². The Morgan fingerprint density at radius 2 is 0.280 bits per heavy atom. The number of halogens is 4. The average Bonchev–Trinajstić information content (AvgIpc) is 0.814. The van der Waals surface area contributed by atoms with Crippen molar-refractivity contribution in [1.82, 2.24) is 0 Å². The quantitative estimate of drug-likeness (QED) is 0.0260. The van der Waals surface area contributed by atoms with Crippen molar-refractivity contribution in [1.29, 1.82) is 0 Å². The Morgan fingerprint density at radius 3 is 0.409 bits per heavy atom. The minimum Gasteiger partial charge on any atom is -0.374 e. The maximum Gasteiger partial charge on any atom is 0.125 e. The number of hydrogen-bond acceptors (Lipinski definition) is 20. The van der Waals surface area contributed by atoms with Crippen molar-refractivity contribution in [3.05, 3.63) is 431 Å². The molecule has 4 aliphatic heterocycles. The molecule has 0 saturated carbocycles. The molecule has 4 heterocycles. The fourth-order valence-corrected chi connectivity index (χ4v) is 16.5. The summed E-state index contributed by atoms with van der Waals surface area (Å²) in [4.78, 5) is 0. The van der Waals surface area contributed by atoms with Crippen LogP contribution in [0, 0.1) is 0 Å². The Balaban J connectivity index is 0.000000150. The highest BCUT2D eigenvalue weighted by Gasteiger charge is 2.50. The number of hydrogen-bond donors (Lipinski definition) is 4. The largest absolute Gasteiger partial charge is 0.374 e. The molecule has 0 aromatic heterocycles. The van der Waals surface area contributed by atoms with Crippen LogP contribution in [0.25, 0.3) is 0 Å². The normalized spacial score (nSPS) is 25.1. The zero-order chi connectivity index (χ0) is 91.5. The third-order valence-corrected chi connectivity index (χ3v) is 24.4. The molecule has 0 amide bonds. The molecule has 16 rings (SSSR count). The molecule has 20 nitrogen and oxygen atoms in total. The van der Waals surface area contributed by atoms with Crippen LogP contribution in [0.3, 0.4) is 0 Å². The van der Waals surface area contributed by atoms with E-state index in [1.165, 1.54) is 0 Å². The van der Waals surface area contributed by atoms with Crippen LogP contribution in [0.4, 0.5) is 0 Å². The lowest BCUT2D eigenvalue weighted by Crippen LogP contribution is -2.61. The smallest absolute Gasteiger partial charge is 0.125 e. The molecule has 8 N–H and O–H groups in total. The summed E-state index contributed by atoms with van der Waals surface area (Å²) in [6.07, 6.45) is -7.97. The monoisotopic (exact) mass is 1870 g/mol. The van der Waals surface area contributed by atoms with Crippen LogP contribution < -0.4 is 22.9 Å². The van der Waals surface area contributed by atoms with Gasteiger partial charge in [0, 0.05) is 0 Å². The summed E-state index contributed by atoms with van der Waals surface area (Å²) < 4.78 is 98.5. The molecule has 0 aliphatic carbocycles. The van der Waals surface area contributed by atoms with Crippen LogP contribution in [0.2, 0.25) is 0 Å². The molecule has 4 fully saturated rings. The predicted octanol–water partition coefficient (Wildman–Crippen LogP) is 18.7. The first kappa shape index (κ1) is 100. The van der Waals surface area contributed by atoms with Crippen LogP contribution in [0.5, 0.6) is 0 Å². The highest BCUT2D eigenvalue weighted by Crippen LogP contribution is 2.35.